The molecule has 1 fully saturated rings. The van der Waals surface area contributed by atoms with E-state index in [1.165, 1.54) is 18.4 Å². The predicted molar refractivity (Wildman–Crippen MR) is 83.7 cm³/mol. The first-order chi connectivity index (χ1) is 8.69. The van der Waals surface area contributed by atoms with E-state index >= 15 is 0 Å². The number of benzene rings is 1. The number of H-pyrrole nitrogens is 1. The molecule has 0 saturated heterocycles. The normalized spacial score (nSPS) is 15.1. The zero-order valence-corrected chi connectivity index (χ0v) is 13.2. The number of alkyl halides is 1. The van der Waals surface area contributed by atoms with Crippen LogP contribution in [0.15, 0.2) is 18.2 Å². The Bertz CT molecular complexity index is 567. The van der Waals surface area contributed by atoms with Gasteiger partial charge in [0.25, 0.3) is 0 Å². The first-order valence-electron chi connectivity index (χ1n) is 5.78. The fourth-order valence-corrected chi connectivity index (χ4v) is 3.14. The molecular weight excluding hydrogens is 382 g/mol. The third-order valence-electron chi connectivity index (χ3n) is 3.14. The highest BCUT2D eigenvalue weighted by atomic mass is 127. The van der Waals surface area contributed by atoms with Crippen LogP contribution in [0, 0.1) is 0 Å². The van der Waals surface area contributed by atoms with Crippen LogP contribution in [0.25, 0.3) is 11.3 Å². The Morgan fingerprint density at radius 1 is 1.22 bits per heavy atom. The molecular formula is C13H11Cl2IN2. The van der Waals surface area contributed by atoms with Crippen molar-refractivity contribution in [2.45, 2.75) is 23.2 Å². The van der Waals surface area contributed by atoms with E-state index in [0.717, 1.165) is 21.4 Å². The third-order valence-corrected chi connectivity index (χ3v) is 4.56. The van der Waals surface area contributed by atoms with Crippen LogP contribution in [0.1, 0.15) is 30.0 Å². The third kappa shape index (κ3) is 2.40. The molecule has 1 aromatic heterocycles. The summed E-state index contributed by atoms with van der Waals surface area (Å²) in [5.41, 5.74) is 3.97. The lowest BCUT2D eigenvalue weighted by Gasteiger charge is -2.07. The summed E-state index contributed by atoms with van der Waals surface area (Å²) < 4.78 is 0.889. The smallest absolute Gasteiger partial charge is 0.0953 e. The molecule has 1 N–H and O–H groups in total. The van der Waals surface area contributed by atoms with Crippen LogP contribution in [0.5, 0.6) is 0 Å². The Balaban J connectivity index is 2.05. The average Bonchev–Trinajstić information content (AvgIpc) is 3.08. The highest BCUT2D eigenvalue weighted by molar-refractivity contribution is 14.1. The summed E-state index contributed by atoms with van der Waals surface area (Å²) in [6.07, 6.45) is 2.49. The fourth-order valence-electron chi connectivity index (χ4n) is 2.05. The van der Waals surface area contributed by atoms with Gasteiger partial charge in [-0.1, -0.05) is 45.8 Å². The van der Waals surface area contributed by atoms with Crippen molar-refractivity contribution in [2.75, 3.05) is 0 Å². The minimum Gasteiger partial charge on any atom is -0.281 e. The Labute approximate surface area is 129 Å². The van der Waals surface area contributed by atoms with Crippen molar-refractivity contribution >= 4 is 45.8 Å². The number of aromatic amines is 1. The minimum atomic E-state index is 0.651. The fraction of sp³-hybridized carbons (Fsp3) is 0.308. The van der Waals surface area contributed by atoms with Crippen molar-refractivity contribution in [1.29, 1.82) is 0 Å². The molecule has 0 aliphatic heterocycles. The van der Waals surface area contributed by atoms with E-state index in [9.17, 15) is 0 Å². The molecule has 2 aromatic rings. The van der Waals surface area contributed by atoms with Crippen LogP contribution in [0.3, 0.4) is 0 Å². The first kappa shape index (κ1) is 12.8. The van der Waals surface area contributed by atoms with E-state index in [1.54, 1.807) is 0 Å². The molecule has 5 heteroatoms. The van der Waals surface area contributed by atoms with Gasteiger partial charge in [0.1, 0.15) is 0 Å². The zero-order chi connectivity index (χ0) is 12.7. The quantitative estimate of drug-likeness (QED) is 0.564. The molecule has 1 heterocycles. The molecule has 0 spiro atoms. The second kappa shape index (κ2) is 5.02. The van der Waals surface area contributed by atoms with Crippen LogP contribution in [-0.2, 0) is 4.43 Å². The number of nitrogens with zero attached hydrogens (tertiary/aromatic N) is 1. The molecule has 1 aliphatic rings. The lowest BCUT2D eigenvalue weighted by Crippen LogP contribution is -1.86. The predicted octanol–water partition coefficient (Wildman–Crippen LogP) is 5.20. The van der Waals surface area contributed by atoms with Crippen molar-refractivity contribution < 1.29 is 0 Å². The van der Waals surface area contributed by atoms with Crippen LogP contribution in [0.2, 0.25) is 10.0 Å². The maximum atomic E-state index is 6.35. The van der Waals surface area contributed by atoms with Gasteiger partial charge in [-0.15, -0.1) is 0 Å². The Morgan fingerprint density at radius 3 is 2.39 bits per heavy atom. The van der Waals surface area contributed by atoms with Crippen molar-refractivity contribution in [1.82, 2.24) is 10.2 Å². The number of nitrogens with one attached hydrogen (secondary N) is 1. The second-order valence-electron chi connectivity index (χ2n) is 4.55. The van der Waals surface area contributed by atoms with Gasteiger partial charge in [0.05, 0.1) is 15.7 Å². The van der Waals surface area contributed by atoms with E-state index in [2.05, 4.69) is 32.8 Å². The zero-order valence-electron chi connectivity index (χ0n) is 9.51. The van der Waals surface area contributed by atoms with Crippen molar-refractivity contribution in [3.63, 3.8) is 0 Å². The molecule has 2 nitrogen and oxygen atoms in total. The molecule has 0 amide bonds. The standard InChI is InChI=1S/C13H11Cl2IN2/c14-10-3-8(7-1-2-7)4-11(15)13(10)12-5-9(6-16)17-18-12/h3-5,7H,1-2,6H2,(H,17,18). The molecule has 0 bridgehead atoms. The number of rotatable bonds is 3. The Hall–Kier alpha value is -0.260. The molecule has 3 rings (SSSR count). The van der Waals surface area contributed by atoms with E-state index in [0.29, 0.717) is 16.0 Å². The monoisotopic (exact) mass is 392 g/mol. The van der Waals surface area contributed by atoms with Gasteiger partial charge in [-0.25, -0.2) is 0 Å². The Morgan fingerprint density at radius 2 is 1.89 bits per heavy atom. The van der Waals surface area contributed by atoms with E-state index in [4.69, 9.17) is 23.2 Å². The van der Waals surface area contributed by atoms with E-state index in [-0.39, 0.29) is 0 Å². The van der Waals surface area contributed by atoms with Crippen molar-refractivity contribution in [2.24, 2.45) is 0 Å². The molecule has 0 radical (unpaired) electrons. The summed E-state index contributed by atoms with van der Waals surface area (Å²) in [4.78, 5) is 0. The van der Waals surface area contributed by atoms with Crippen molar-refractivity contribution in [3.05, 3.63) is 39.5 Å². The summed E-state index contributed by atoms with van der Waals surface area (Å²) >= 11 is 15.0. The molecule has 1 aliphatic carbocycles. The second-order valence-corrected chi connectivity index (χ2v) is 6.12. The van der Waals surface area contributed by atoms with E-state index in [1.807, 2.05) is 18.2 Å². The molecule has 1 aromatic carbocycles. The largest absolute Gasteiger partial charge is 0.281 e. The van der Waals surface area contributed by atoms with Crippen LogP contribution in [0.4, 0.5) is 0 Å². The SMILES string of the molecule is Clc1cc(C2CC2)cc(Cl)c1-c1cc(CI)[nH]n1. The Kier molecular flexibility index (Phi) is 3.56. The first-order valence-corrected chi connectivity index (χ1v) is 8.06. The van der Waals surface area contributed by atoms with Crippen molar-refractivity contribution in [3.8, 4) is 11.3 Å². The van der Waals surface area contributed by atoms with Gasteiger partial charge in [0.2, 0.25) is 0 Å². The number of halogens is 3. The van der Waals surface area contributed by atoms with Crippen LogP contribution in [-0.4, -0.2) is 10.2 Å². The molecule has 0 atom stereocenters. The number of aromatic nitrogens is 2. The summed E-state index contributed by atoms with van der Waals surface area (Å²) in [7, 11) is 0. The van der Waals surface area contributed by atoms with Gasteiger partial charge < -0.3 is 0 Å². The van der Waals surface area contributed by atoms with Gasteiger partial charge >= 0.3 is 0 Å². The van der Waals surface area contributed by atoms with Crippen LogP contribution < -0.4 is 0 Å². The number of hydrogen-bond acceptors (Lipinski definition) is 1. The maximum absolute atomic E-state index is 6.35. The summed E-state index contributed by atoms with van der Waals surface area (Å²) in [6.45, 7) is 0. The summed E-state index contributed by atoms with van der Waals surface area (Å²) in [5.74, 6) is 0.651. The lowest BCUT2D eigenvalue weighted by atomic mass is 10.1. The van der Waals surface area contributed by atoms with Crippen LogP contribution >= 0.6 is 45.8 Å². The van der Waals surface area contributed by atoms with Gasteiger partial charge in [0, 0.05) is 15.7 Å². The molecule has 0 unspecified atom stereocenters. The maximum Gasteiger partial charge on any atom is 0.0953 e. The molecule has 1 saturated carbocycles. The van der Waals surface area contributed by atoms with Gasteiger partial charge in [-0.2, -0.15) is 5.10 Å². The lowest BCUT2D eigenvalue weighted by molar-refractivity contribution is 1.05. The van der Waals surface area contributed by atoms with Gasteiger partial charge in [0.15, 0.2) is 0 Å². The summed E-state index contributed by atoms with van der Waals surface area (Å²) in [5, 5.41) is 8.63. The minimum absolute atomic E-state index is 0.651. The van der Waals surface area contributed by atoms with Gasteiger partial charge in [-0.05, 0) is 42.5 Å². The molecule has 94 valence electrons. The van der Waals surface area contributed by atoms with E-state index < -0.39 is 0 Å². The highest BCUT2D eigenvalue weighted by Gasteiger charge is 2.25. The molecule has 18 heavy (non-hydrogen) atoms. The summed E-state index contributed by atoms with van der Waals surface area (Å²) in [6, 6.07) is 6.05. The highest BCUT2D eigenvalue weighted by Crippen LogP contribution is 2.44. The topological polar surface area (TPSA) is 28.7 Å². The number of hydrogen-bond donors (Lipinski definition) is 1. The average molecular weight is 393 g/mol. The van der Waals surface area contributed by atoms with Gasteiger partial charge in [-0.3, -0.25) is 5.10 Å².